The van der Waals surface area contributed by atoms with Gasteiger partial charge in [0.15, 0.2) is 11.6 Å². The zero-order valence-electron chi connectivity index (χ0n) is 19.4. The maximum Gasteiger partial charge on any atom is 0.163 e. The van der Waals surface area contributed by atoms with Crippen molar-refractivity contribution in [1.29, 1.82) is 0 Å². The van der Waals surface area contributed by atoms with Gasteiger partial charge in [0.1, 0.15) is 17.3 Å². The van der Waals surface area contributed by atoms with Gasteiger partial charge in [-0.1, -0.05) is 34.6 Å². The Kier molecular flexibility index (Phi) is 6.25. The number of carbonyl (C=O) groups excluding carboxylic acids is 2. The average molecular weight is 566 g/mol. The van der Waals surface area contributed by atoms with Gasteiger partial charge in [-0.3, -0.25) is 9.59 Å². The molecule has 0 saturated heterocycles. The number of allylic oxidation sites excluding steroid dienone is 4. The van der Waals surface area contributed by atoms with Gasteiger partial charge in [0.05, 0.1) is 15.6 Å². The first-order valence-corrected chi connectivity index (χ1v) is 12.8. The summed E-state index contributed by atoms with van der Waals surface area (Å²) in [5, 5.41) is 0. The maximum atomic E-state index is 13.4. The zero-order valence-corrected chi connectivity index (χ0v) is 22.5. The minimum atomic E-state index is -0.409. The maximum absolute atomic E-state index is 13.4. The highest BCUT2D eigenvalue weighted by Gasteiger charge is 2.48. The number of Topliss-reactive ketones (excluding diaryl/α,β-unsaturated/α-hetero) is 2. The van der Waals surface area contributed by atoms with Crippen molar-refractivity contribution in [2.45, 2.75) is 72.6 Å². The third-order valence-electron chi connectivity index (χ3n) is 6.39. The largest absolute Gasteiger partial charge is 0.491 e. The Morgan fingerprint density at radius 2 is 1.38 bits per heavy atom. The van der Waals surface area contributed by atoms with Crippen LogP contribution in [-0.4, -0.2) is 18.2 Å². The molecule has 0 radical (unpaired) electrons. The van der Waals surface area contributed by atoms with E-state index in [9.17, 15) is 9.59 Å². The molecule has 6 heteroatoms. The van der Waals surface area contributed by atoms with Crippen LogP contribution in [0.2, 0.25) is 0 Å². The van der Waals surface area contributed by atoms with E-state index in [0.29, 0.717) is 43.4 Å². The number of halogens is 2. The quantitative estimate of drug-likeness (QED) is 0.381. The van der Waals surface area contributed by atoms with Crippen molar-refractivity contribution < 1.29 is 19.1 Å². The Morgan fingerprint density at radius 1 is 0.906 bits per heavy atom. The average Bonchev–Trinajstić information content (AvgIpc) is 2.63. The molecule has 0 amide bonds. The Morgan fingerprint density at radius 3 is 1.81 bits per heavy atom. The van der Waals surface area contributed by atoms with Gasteiger partial charge in [-0.05, 0) is 66.8 Å². The van der Waals surface area contributed by atoms with E-state index in [0.717, 1.165) is 38.2 Å². The van der Waals surface area contributed by atoms with Crippen molar-refractivity contribution in [3.8, 4) is 5.75 Å². The first-order valence-electron chi connectivity index (χ1n) is 11.2. The lowest BCUT2D eigenvalue weighted by Gasteiger charge is -2.42. The Balaban J connectivity index is 1.89. The van der Waals surface area contributed by atoms with Crippen molar-refractivity contribution in [3.05, 3.63) is 49.3 Å². The van der Waals surface area contributed by atoms with Crippen LogP contribution in [0.15, 0.2) is 43.7 Å². The van der Waals surface area contributed by atoms with E-state index in [1.54, 1.807) is 0 Å². The van der Waals surface area contributed by atoms with Crippen LogP contribution >= 0.6 is 31.9 Å². The number of ketones is 2. The highest BCUT2D eigenvalue weighted by molar-refractivity contribution is 9.11. The molecule has 0 N–H and O–H groups in total. The van der Waals surface area contributed by atoms with Crippen LogP contribution in [0, 0.1) is 10.8 Å². The van der Waals surface area contributed by atoms with Crippen molar-refractivity contribution in [1.82, 2.24) is 0 Å². The fraction of sp³-hybridized carbons (Fsp3) is 0.538. The molecule has 1 aliphatic heterocycles. The third-order valence-corrected chi connectivity index (χ3v) is 7.56. The summed E-state index contributed by atoms with van der Waals surface area (Å²) in [4.78, 5) is 26.8. The summed E-state index contributed by atoms with van der Waals surface area (Å²) < 4.78 is 13.9. The molecule has 1 aromatic rings. The standard InChI is InChI=1S/C26H30Br2O4/c1-6-7-31-24-15(27)8-14(9-16(24)28)21-22-17(29)10-25(2,3)12-19(22)32-20-13-26(4,5)11-18(30)23(20)21/h8-9,21H,6-7,10-13H2,1-5H3. The number of carbonyl (C=O) groups is 2. The summed E-state index contributed by atoms with van der Waals surface area (Å²) in [5.41, 5.74) is 1.88. The molecule has 0 fully saturated rings. The van der Waals surface area contributed by atoms with Crippen molar-refractivity contribution in [2.24, 2.45) is 10.8 Å². The van der Waals surface area contributed by atoms with E-state index < -0.39 is 5.92 Å². The van der Waals surface area contributed by atoms with Gasteiger partial charge in [-0.15, -0.1) is 0 Å². The second-order valence-corrected chi connectivity index (χ2v) is 12.5. The van der Waals surface area contributed by atoms with Crippen molar-refractivity contribution in [2.75, 3.05) is 6.61 Å². The van der Waals surface area contributed by atoms with E-state index >= 15 is 0 Å². The predicted molar refractivity (Wildman–Crippen MR) is 132 cm³/mol. The number of benzene rings is 1. The summed E-state index contributed by atoms with van der Waals surface area (Å²) in [6.45, 7) is 11.1. The van der Waals surface area contributed by atoms with Crippen molar-refractivity contribution >= 4 is 43.4 Å². The molecule has 3 aliphatic rings. The molecule has 1 aromatic carbocycles. The second-order valence-electron chi connectivity index (χ2n) is 10.8. The molecule has 0 bridgehead atoms. The van der Waals surface area contributed by atoms with Gasteiger partial charge >= 0.3 is 0 Å². The van der Waals surface area contributed by atoms with Gasteiger partial charge in [0, 0.05) is 42.7 Å². The minimum Gasteiger partial charge on any atom is -0.491 e. The van der Waals surface area contributed by atoms with E-state index in [2.05, 4.69) is 66.5 Å². The molecule has 0 saturated carbocycles. The zero-order chi connectivity index (χ0) is 23.4. The molecule has 0 unspecified atom stereocenters. The molecular formula is C26H30Br2O4. The molecule has 32 heavy (non-hydrogen) atoms. The SMILES string of the molecule is CCCOc1c(Br)cc(C2C3=C(CC(C)(C)CC3=O)OC3=C2C(=O)CC(C)(C)C3)cc1Br. The Labute approximate surface area is 207 Å². The lowest BCUT2D eigenvalue weighted by Crippen LogP contribution is -2.37. The summed E-state index contributed by atoms with van der Waals surface area (Å²) >= 11 is 7.30. The summed E-state index contributed by atoms with van der Waals surface area (Å²) in [7, 11) is 0. The van der Waals surface area contributed by atoms with Gasteiger partial charge in [-0.2, -0.15) is 0 Å². The molecule has 172 valence electrons. The smallest absolute Gasteiger partial charge is 0.163 e. The third kappa shape index (κ3) is 4.37. The minimum absolute atomic E-state index is 0.0731. The molecule has 0 atom stereocenters. The molecule has 4 nitrogen and oxygen atoms in total. The van der Waals surface area contributed by atoms with E-state index in [1.165, 1.54) is 0 Å². The summed E-state index contributed by atoms with van der Waals surface area (Å²) in [6, 6.07) is 3.97. The number of hydrogen-bond donors (Lipinski definition) is 0. The fourth-order valence-corrected chi connectivity index (χ4v) is 6.55. The topological polar surface area (TPSA) is 52.6 Å². The van der Waals surface area contributed by atoms with Crippen LogP contribution in [0.25, 0.3) is 0 Å². The highest BCUT2D eigenvalue weighted by Crippen LogP contribution is 2.54. The van der Waals surface area contributed by atoms with Gasteiger partial charge in [0.2, 0.25) is 0 Å². The van der Waals surface area contributed by atoms with Gasteiger partial charge < -0.3 is 9.47 Å². The second kappa shape index (κ2) is 8.43. The summed E-state index contributed by atoms with van der Waals surface area (Å²) in [5.74, 6) is 1.94. The lowest BCUT2D eigenvalue weighted by molar-refractivity contribution is -0.120. The first-order chi connectivity index (χ1) is 14.9. The number of hydrogen-bond acceptors (Lipinski definition) is 4. The molecule has 2 aliphatic carbocycles. The van der Waals surface area contributed by atoms with E-state index in [4.69, 9.17) is 9.47 Å². The van der Waals surface area contributed by atoms with Gasteiger partial charge in [-0.25, -0.2) is 0 Å². The predicted octanol–water partition coefficient (Wildman–Crippen LogP) is 7.40. The van der Waals surface area contributed by atoms with E-state index in [1.807, 2.05) is 12.1 Å². The van der Waals surface area contributed by atoms with Crippen LogP contribution < -0.4 is 4.74 Å². The monoisotopic (exact) mass is 564 g/mol. The Bertz CT molecular complexity index is 987. The first kappa shape index (κ1) is 23.7. The molecule has 4 rings (SSSR count). The van der Waals surface area contributed by atoms with Crippen LogP contribution in [-0.2, 0) is 14.3 Å². The van der Waals surface area contributed by atoms with Crippen LogP contribution in [0.5, 0.6) is 5.75 Å². The summed E-state index contributed by atoms with van der Waals surface area (Å²) in [6.07, 6.45) is 3.19. The molecule has 1 heterocycles. The van der Waals surface area contributed by atoms with Gasteiger partial charge in [0.25, 0.3) is 0 Å². The van der Waals surface area contributed by atoms with Crippen molar-refractivity contribution in [3.63, 3.8) is 0 Å². The molecular weight excluding hydrogens is 536 g/mol. The Hall–Kier alpha value is -1.40. The number of rotatable bonds is 4. The fourth-order valence-electron chi connectivity index (χ4n) is 5.10. The molecule has 0 spiro atoms. The van der Waals surface area contributed by atoms with Crippen LogP contribution in [0.1, 0.15) is 78.2 Å². The molecule has 0 aromatic heterocycles. The number of ether oxygens (including phenoxy) is 2. The van der Waals surface area contributed by atoms with E-state index in [-0.39, 0.29) is 22.4 Å². The lowest BCUT2D eigenvalue weighted by atomic mass is 9.65. The van der Waals surface area contributed by atoms with Crippen LogP contribution in [0.3, 0.4) is 0 Å². The van der Waals surface area contributed by atoms with Crippen LogP contribution in [0.4, 0.5) is 0 Å². The highest BCUT2D eigenvalue weighted by atomic mass is 79.9. The normalized spacial score (nSPS) is 22.5.